The first-order valence-electron chi connectivity index (χ1n) is 6.58. The van der Waals surface area contributed by atoms with E-state index < -0.39 is 0 Å². The Labute approximate surface area is 111 Å². The van der Waals surface area contributed by atoms with Crippen molar-refractivity contribution in [1.29, 1.82) is 0 Å². The van der Waals surface area contributed by atoms with Crippen LogP contribution in [0.2, 0.25) is 0 Å². The van der Waals surface area contributed by atoms with E-state index in [2.05, 4.69) is 9.88 Å². The van der Waals surface area contributed by atoms with E-state index >= 15 is 0 Å². The van der Waals surface area contributed by atoms with E-state index in [1.165, 1.54) is 7.11 Å². The fourth-order valence-electron chi connectivity index (χ4n) is 2.75. The SMILES string of the molecule is COC(=O)C1CCCCN1c1cccc2nccn12. The highest BCUT2D eigenvalue weighted by Gasteiger charge is 2.30. The van der Waals surface area contributed by atoms with E-state index in [4.69, 9.17) is 4.74 Å². The Morgan fingerprint density at radius 1 is 1.42 bits per heavy atom. The van der Waals surface area contributed by atoms with Crippen LogP contribution in [0.5, 0.6) is 0 Å². The van der Waals surface area contributed by atoms with Crippen LogP contribution in [-0.4, -0.2) is 35.1 Å². The van der Waals surface area contributed by atoms with Crippen LogP contribution in [-0.2, 0) is 9.53 Å². The van der Waals surface area contributed by atoms with E-state index in [1.54, 1.807) is 6.20 Å². The molecule has 0 aliphatic carbocycles. The summed E-state index contributed by atoms with van der Waals surface area (Å²) in [4.78, 5) is 18.3. The first kappa shape index (κ1) is 12.0. The molecule has 0 amide bonds. The van der Waals surface area contributed by atoms with Crippen LogP contribution in [0.1, 0.15) is 19.3 Å². The molecule has 2 aromatic heterocycles. The lowest BCUT2D eigenvalue weighted by atomic mass is 10.0. The quantitative estimate of drug-likeness (QED) is 0.772. The molecule has 5 heteroatoms. The Morgan fingerprint density at radius 3 is 3.16 bits per heavy atom. The maximum Gasteiger partial charge on any atom is 0.328 e. The number of carbonyl (C=O) groups excluding carboxylic acids is 1. The van der Waals surface area contributed by atoms with Gasteiger partial charge in [0.25, 0.3) is 0 Å². The molecule has 1 aliphatic heterocycles. The van der Waals surface area contributed by atoms with Crippen molar-refractivity contribution in [2.45, 2.75) is 25.3 Å². The van der Waals surface area contributed by atoms with Gasteiger partial charge in [-0.1, -0.05) is 6.07 Å². The van der Waals surface area contributed by atoms with Crippen molar-refractivity contribution in [2.75, 3.05) is 18.6 Å². The largest absolute Gasteiger partial charge is 0.467 e. The lowest BCUT2D eigenvalue weighted by molar-refractivity contribution is -0.142. The third-order valence-corrected chi connectivity index (χ3v) is 3.68. The van der Waals surface area contributed by atoms with Gasteiger partial charge in [0.2, 0.25) is 0 Å². The van der Waals surface area contributed by atoms with Gasteiger partial charge < -0.3 is 9.64 Å². The number of esters is 1. The number of ether oxygens (including phenoxy) is 1. The maximum absolute atomic E-state index is 11.9. The number of hydrogen-bond acceptors (Lipinski definition) is 4. The number of imidazole rings is 1. The van der Waals surface area contributed by atoms with Crippen LogP contribution >= 0.6 is 0 Å². The summed E-state index contributed by atoms with van der Waals surface area (Å²) in [6.45, 7) is 0.872. The molecular weight excluding hydrogens is 242 g/mol. The molecule has 1 unspecified atom stereocenters. The number of rotatable bonds is 2. The zero-order valence-electron chi connectivity index (χ0n) is 11.0. The molecule has 3 rings (SSSR count). The Morgan fingerprint density at radius 2 is 2.32 bits per heavy atom. The number of hydrogen-bond donors (Lipinski definition) is 0. The summed E-state index contributed by atoms with van der Waals surface area (Å²) in [7, 11) is 1.45. The Balaban J connectivity index is 2.02. The van der Waals surface area contributed by atoms with E-state index in [9.17, 15) is 4.79 Å². The van der Waals surface area contributed by atoms with Gasteiger partial charge in [-0.15, -0.1) is 0 Å². The van der Waals surface area contributed by atoms with E-state index in [-0.39, 0.29) is 12.0 Å². The summed E-state index contributed by atoms with van der Waals surface area (Å²) in [5.41, 5.74) is 0.895. The second-order valence-corrected chi connectivity index (χ2v) is 4.77. The Bertz CT molecular complexity index is 593. The molecule has 2 aromatic rings. The molecule has 1 fully saturated rings. The minimum atomic E-state index is -0.188. The lowest BCUT2D eigenvalue weighted by Crippen LogP contribution is -2.46. The van der Waals surface area contributed by atoms with Crippen molar-refractivity contribution in [2.24, 2.45) is 0 Å². The zero-order valence-corrected chi connectivity index (χ0v) is 11.0. The van der Waals surface area contributed by atoms with Crippen molar-refractivity contribution in [1.82, 2.24) is 9.38 Å². The monoisotopic (exact) mass is 259 g/mol. The van der Waals surface area contributed by atoms with Crippen LogP contribution in [0.4, 0.5) is 5.82 Å². The van der Waals surface area contributed by atoms with Gasteiger partial charge >= 0.3 is 5.97 Å². The van der Waals surface area contributed by atoms with Crippen molar-refractivity contribution < 1.29 is 9.53 Å². The summed E-state index contributed by atoms with van der Waals surface area (Å²) in [6, 6.07) is 5.77. The number of carbonyl (C=O) groups is 1. The first-order chi connectivity index (χ1) is 9.31. The molecule has 0 N–H and O–H groups in total. The summed E-state index contributed by atoms with van der Waals surface area (Å²) in [5, 5.41) is 0. The molecule has 0 saturated carbocycles. The molecule has 100 valence electrons. The van der Waals surface area contributed by atoms with Gasteiger partial charge in [0.05, 0.1) is 7.11 Å². The normalized spacial score (nSPS) is 19.6. The molecular formula is C14H17N3O2. The summed E-state index contributed by atoms with van der Waals surface area (Å²) in [5.74, 6) is 0.849. The zero-order chi connectivity index (χ0) is 13.2. The van der Waals surface area contributed by atoms with Crippen molar-refractivity contribution >= 4 is 17.4 Å². The van der Waals surface area contributed by atoms with Gasteiger partial charge in [0, 0.05) is 18.9 Å². The average Bonchev–Trinajstić information content (AvgIpc) is 2.94. The molecule has 0 spiro atoms. The van der Waals surface area contributed by atoms with E-state index in [1.807, 2.05) is 28.8 Å². The van der Waals surface area contributed by atoms with Crippen LogP contribution in [0.3, 0.4) is 0 Å². The van der Waals surface area contributed by atoms with Gasteiger partial charge in [0.15, 0.2) is 0 Å². The van der Waals surface area contributed by atoms with E-state index in [0.717, 1.165) is 37.3 Å². The molecule has 0 radical (unpaired) electrons. The molecule has 1 atom stereocenters. The molecule has 1 saturated heterocycles. The summed E-state index contributed by atoms with van der Waals surface area (Å²) in [6.07, 6.45) is 6.70. The Hall–Kier alpha value is -2.04. The number of aromatic nitrogens is 2. The third-order valence-electron chi connectivity index (χ3n) is 3.68. The van der Waals surface area contributed by atoms with E-state index in [0.29, 0.717) is 0 Å². The van der Waals surface area contributed by atoms with Crippen LogP contribution in [0, 0.1) is 0 Å². The minimum absolute atomic E-state index is 0.156. The van der Waals surface area contributed by atoms with Crippen LogP contribution in [0.25, 0.3) is 5.65 Å². The van der Waals surface area contributed by atoms with Crippen LogP contribution in [0.15, 0.2) is 30.6 Å². The summed E-state index contributed by atoms with van der Waals surface area (Å²) < 4.78 is 6.94. The average molecular weight is 259 g/mol. The van der Waals surface area contributed by atoms with Gasteiger partial charge in [0.1, 0.15) is 17.5 Å². The van der Waals surface area contributed by atoms with Crippen molar-refractivity contribution in [3.63, 3.8) is 0 Å². The highest BCUT2D eigenvalue weighted by molar-refractivity contribution is 5.80. The fraction of sp³-hybridized carbons (Fsp3) is 0.429. The topological polar surface area (TPSA) is 46.8 Å². The number of piperidine rings is 1. The smallest absolute Gasteiger partial charge is 0.328 e. The molecule has 3 heterocycles. The molecule has 0 bridgehead atoms. The van der Waals surface area contributed by atoms with Crippen molar-refractivity contribution in [3.05, 3.63) is 30.6 Å². The predicted octanol–water partition coefficient (Wildman–Crippen LogP) is 1.87. The number of methoxy groups -OCH3 is 1. The second-order valence-electron chi connectivity index (χ2n) is 4.77. The highest BCUT2D eigenvalue weighted by atomic mass is 16.5. The Kier molecular flexibility index (Phi) is 3.11. The standard InChI is InChI=1S/C14H17N3O2/c1-19-14(18)11-5-2-3-9-16(11)13-7-4-6-12-15-8-10-17(12)13/h4,6-8,10-11H,2-3,5,9H2,1H3. The van der Waals surface area contributed by atoms with Crippen LogP contribution < -0.4 is 4.90 Å². The summed E-state index contributed by atoms with van der Waals surface area (Å²) >= 11 is 0. The van der Waals surface area contributed by atoms with Gasteiger partial charge in [-0.3, -0.25) is 4.40 Å². The van der Waals surface area contributed by atoms with Crippen molar-refractivity contribution in [3.8, 4) is 0 Å². The van der Waals surface area contributed by atoms with Gasteiger partial charge in [-0.2, -0.15) is 0 Å². The number of fused-ring (bicyclic) bond motifs is 1. The fourth-order valence-corrected chi connectivity index (χ4v) is 2.75. The molecule has 0 aromatic carbocycles. The number of anilines is 1. The van der Waals surface area contributed by atoms with Gasteiger partial charge in [-0.25, -0.2) is 9.78 Å². The molecule has 5 nitrogen and oxygen atoms in total. The molecule has 1 aliphatic rings. The maximum atomic E-state index is 11.9. The first-order valence-corrected chi connectivity index (χ1v) is 6.58. The predicted molar refractivity (Wildman–Crippen MR) is 72.2 cm³/mol. The lowest BCUT2D eigenvalue weighted by Gasteiger charge is -2.35. The second kappa shape index (κ2) is 4.91. The number of pyridine rings is 1. The number of nitrogens with zero attached hydrogens (tertiary/aromatic N) is 3. The third kappa shape index (κ3) is 2.05. The minimum Gasteiger partial charge on any atom is -0.467 e. The highest BCUT2D eigenvalue weighted by Crippen LogP contribution is 2.26. The van der Waals surface area contributed by atoms with Gasteiger partial charge in [-0.05, 0) is 31.4 Å². The molecule has 19 heavy (non-hydrogen) atoms.